The van der Waals surface area contributed by atoms with Gasteiger partial charge in [-0.3, -0.25) is 14.6 Å². The fourth-order valence-corrected chi connectivity index (χ4v) is 3.75. The van der Waals surface area contributed by atoms with E-state index in [-0.39, 0.29) is 11.2 Å². The molecule has 8 nitrogen and oxygen atoms in total. The molecule has 9 heteroatoms. The van der Waals surface area contributed by atoms with Crippen molar-refractivity contribution in [2.75, 3.05) is 6.54 Å². The van der Waals surface area contributed by atoms with Gasteiger partial charge in [-0.15, -0.1) is 5.10 Å². The zero-order valence-electron chi connectivity index (χ0n) is 14.6. The van der Waals surface area contributed by atoms with Crippen molar-refractivity contribution in [2.45, 2.75) is 57.7 Å². The molecule has 0 saturated heterocycles. The second kappa shape index (κ2) is 7.36. The van der Waals surface area contributed by atoms with E-state index in [0.717, 1.165) is 37.2 Å². The topological polar surface area (TPSA) is 99.9 Å². The summed E-state index contributed by atoms with van der Waals surface area (Å²) in [6, 6.07) is 1.96. The first kappa shape index (κ1) is 17.5. The van der Waals surface area contributed by atoms with Crippen molar-refractivity contribution in [3.63, 3.8) is 0 Å². The molecule has 0 aromatic carbocycles. The van der Waals surface area contributed by atoms with Gasteiger partial charge in [0.05, 0.1) is 17.9 Å². The monoisotopic (exact) mass is 378 g/mol. The van der Waals surface area contributed by atoms with Crippen LogP contribution >= 0.6 is 11.6 Å². The Hall–Kier alpha value is -1.93. The Morgan fingerprint density at radius 2 is 2.23 bits per heavy atom. The normalized spacial score (nSPS) is 18.9. The summed E-state index contributed by atoms with van der Waals surface area (Å²) in [5.74, 6) is 1.03. The third kappa shape index (κ3) is 3.61. The molecule has 1 saturated carbocycles. The lowest BCUT2D eigenvalue weighted by atomic mass is 9.80. The quantitative estimate of drug-likeness (QED) is 0.827. The number of nitrogens with one attached hydrogen (secondary N) is 1. The van der Waals surface area contributed by atoms with E-state index in [9.17, 15) is 9.90 Å². The summed E-state index contributed by atoms with van der Waals surface area (Å²) < 4.78 is 1.95. The van der Waals surface area contributed by atoms with E-state index < -0.39 is 6.10 Å². The van der Waals surface area contributed by atoms with Gasteiger partial charge in [-0.2, -0.15) is 5.10 Å². The maximum Gasteiger partial charge on any atom is 0.242 e. The molecular formula is C17H23ClN6O2. The fourth-order valence-electron chi connectivity index (χ4n) is 3.61. The predicted octanol–water partition coefficient (Wildman–Crippen LogP) is 1.85. The van der Waals surface area contributed by atoms with Gasteiger partial charge in [0.25, 0.3) is 0 Å². The van der Waals surface area contributed by atoms with E-state index in [1.54, 1.807) is 0 Å². The molecule has 1 aliphatic carbocycles. The average Bonchev–Trinajstić information content (AvgIpc) is 3.11. The number of aliphatic hydroxyl groups is 1. The number of fused-ring (bicyclic) bond motifs is 1. The van der Waals surface area contributed by atoms with Gasteiger partial charge < -0.3 is 10.0 Å². The molecule has 1 fully saturated rings. The molecule has 2 N–H and O–H groups in total. The summed E-state index contributed by atoms with van der Waals surface area (Å²) in [5.41, 5.74) is 1.74. The van der Waals surface area contributed by atoms with E-state index in [1.165, 1.54) is 6.42 Å². The highest BCUT2D eigenvalue weighted by Crippen LogP contribution is 2.37. The summed E-state index contributed by atoms with van der Waals surface area (Å²) in [7, 11) is 0. The summed E-state index contributed by atoms with van der Waals surface area (Å²) in [5, 5.41) is 21.7. The molecular weight excluding hydrogens is 356 g/mol. The second-order valence-corrected chi connectivity index (χ2v) is 7.48. The Bertz CT molecular complexity index is 784. The Kier molecular flexibility index (Phi) is 4.95. The maximum absolute atomic E-state index is 12.6. The van der Waals surface area contributed by atoms with E-state index in [0.29, 0.717) is 37.7 Å². The number of carbonyl (C=O) groups is 1. The van der Waals surface area contributed by atoms with E-state index >= 15 is 0 Å². The van der Waals surface area contributed by atoms with Crippen LogP contribution in [-0.2, 0) is 24.3 Å². The minimum atomic E-state index is -0.483. The molecule has 3 heterocycles. The molecule has 0 spiro atoms. The number of carbonyl (C=O) groups excluding carboxylic acids is 1. The number of hydrogen-bond acceptors (Lipinski definition) is 5. The van der Waals surface area contributed by atoms with E-state index in [2.05, 4.69) is 20.3 Å². The van der Waals surface area contributed by atoms with Crippen molar-refractivity contribution < 1.29 is 9.90 Å². The van der Waals surface area contributed by atoms with Gasteiger partial charge in [-0.05, 0) is 42.8 Å². The van der Waals surface area contributed by atoms with Crippen LogP contribution in [0.15, 0.2) is 6.07 Å². The van der Waals surface area contributed by atoms with Crippen LogP contribution in [0.1, 0.15) is 55.4 Å². The minimum absolute atomic E-state index is 0.0771. The van der Waals surface area contributed by atoms with Gasteiger partial charge in [0.1, 0.15) is 11.9 Å². The molecule has 2 aliphatic rings. The Balaban J connectivity index is 1.40. The zero-order chi connectivity index (χ0) is 18.1. The van der Waals surface area contributed by atoms with Crippen molar-refractivity contribution in [3.8, 4) is 0 Å². The van der Waals surface area contributed by atoms with Crippen molar-refractivity contribution in [3.05, 3.63) is 28.6 Å². The summed E-state index contributed by atoms with van der Waals surface area (Å²) in [4.78, 5) is 18.5. The minimum Gasteiger partial charge on any atom is -0.386 e. The van der Waals surface area contributed by atoms with E-state index in [4.69, 9.17) is 11.6 Å². The number of nitrogens with zero attached hydrogens (tertiary/aromatic N) is 5. The summed E-state index contributed by atoms with van der Waals surface area (Å²) >= 11 is 5.69. The highest BCUT2D eigenvalue weighted by Gasteiger charge is 2.30. The molecule has 1 aliphatic heterocycles. The van der Waals surface area contributed by atoms with Gasteiger partial charge in [0.15, 0.2) is 0 Å². The summed E-state index contributed by atoms with van der Waals surface area (Å²) in [6.45, 7) is 2.01. The van der Waals surface area contributed by atoms with Crippen LogP contribution in [0.3, 0.4) is 0 Å². The second-order valence-electron chi connectivity index (χ2n) is 7.14. The third-order valence-corrected chi connectivity index (χ3v) is 5.53. The Labute approximate surface area is 156 Å². The predicted molar refractivity (Wildman–Crippen MR) is 94.3 cm³/mol. The van der Waals surface area contributed by atoms with E-state index in [1.807, 2.05) is 15.6 Å². The first-order valence-corrected chi connectivity index (χ1v) is 9.57. The maximum atomic E-state index is 12.6. The Morgan fingerprint density at radius 1 is 1.38 bits per heavy atom. The number of H-pyrrole nitrogens is 1. The average molecular weight is 379 g/mol. The number of amides is 1. The lowest BCUT2D eigenvalue weighted by Gasteiger charge is -2.29. The first-order valence-electron chi connectivity index (χ1n) is 9.19. The number of aryl methyl sites for hydroxylation is 2. The number of aromatic nitrogens is 5. The largest absolute Gasteiger partial charge is 0.386 e. The van der Waals surface area contributed by atoms with Crippen LogP contribution in [-0.4, -0.2) is 47.4 Å². The van der Waals surface area contributed by atoms with Crippen molar-refractivity contribution in [2.24, 2.45) is 5.92 Å². The van der Waals surface area contributed by atoms with Crippen molar-refractivity contribution in [1.82, 2.24) is 29.9 Å². The van der Waals surface area contributed by atoms with Crippen LogP contribution < -0.4 is 0 Å². The Morgan fingerprint density at radius 3 is 2.92 bits per heavy atom. The molecule has 0 radical (unpaired) electrons. The van der Waals surface area contributed by atoms with Crippen LogP contribution in [0.25, 0.3) is 0 Å². The van der Waals surface area contributed by atoms with Gasteiger partial charge >= 0.3 is 0 Å². The van der Waals surface area contributed by atoms with Crippen LogP contribution in [0.4, 0.5) is 0 Å². The lowest BCUT2D eigenvalue weighted by molar-refractivity contribution is -0.131. The van der Waals surface area contributed by atoms with Crippen molar-refractivity contribution >= 4 is 17.5 Å². The summed E-state index contributed by atoms with van der Waals surface area (Å²) in [6.07, 6.45) is 4.54. The molecule has 4 rings (SSSR count). The van der Waals surface area contributed by atoms with Gasteiger partial charge in [-0.1, -0.05) is 6.42 Å². The highest BCUT2D eigenvalue weighted by molar-refractivity contribution is 6.28. The molecule has 26 heavy (non-hydrogen) atoms. The molecule has 140 valence electrons. The van der Waals surface area contributed by atoms with Gasteiger partial charge in [-0.25, -0.2) is 4.98 Å². The molecule has 1 amide bonds. The van der Waals surface area contributed by atoms with Crippen molar-refractivity contribution in [1.29, 1.82) is 0 Å². The zero-order valence-corrected chi connectivity index (χ0v) is 15.3. The molecule has 0 bridgehead atoms. The molecule has 2 aromatic heterocycles. The number of rotatable bonds is 5. The number of hydrogen-bond donors (Lipinski definition) is 2. The smallest absolute Gasteiger partial charge is 0.242 e. The van der Waals surface area contributed by atoms with Crippen LogP contribution in [0.5, 0.6) is 0 Å². The number of aromatic amines is 1. The highest BCUT2D eigenvalue weighted by atomic mass is 35.5. The van der Waals surface area contributed by atoms with Gasteiger partial charge in [0.2, 0.25) is 11.2 Å². The standard InChI is InChI=1S/C17H23ClN6O2/c18-17-19-14(20-21-17)5-6-15(25)23-7-2-8-24-12(10-23)9-13(22-24)16(26)11-3-1-4-11/h9,11,16,26H,1-8,10H2,(H,19,20,21). The molecule has 2 aromatic rings. The third-order valence-electron chi connectivity index (χ3n) is 5.37. The number of halogens is 1. The lowest BCUT2D eigenvalue weighted by Crippen LogP contribution is -2.31. The van der Waals surface area contributed by atoms with Gasteiger partial charge in [0, 0.05) is 25.9 Å². The fraction of sp³-hybridized carbons (Fsp3) is 0.647. The number of aliphatic hydroxyl groups excluding tert-OH is 1. The van der Waals surface area contributed by atoms with Crippen LogP contribution in [0.2, 0.25) is 5.28 Å². The first-order chi connectivity index (χ1) is 12.6. The molecule has 1 unspecified atom stereocenters. The molecule has 1 atom stereocenters. The van der Waals surface area contributed by atoms with Crippen LogP contribution in [0, 0.1) is 5.92 Å². The SMILES string of the molecule is O=C(CCc1nc(Cl)n[nH]1)N1CCCn2nc(C(O)C3CCC3)cc2C1.